The van der Waals surface area contributed by atoms with Gasteiger partial charge in [0.05, 0.1) is 32.8 Å². The Morgan fingerprint density at radius 1 is 0.962 bits per heavy atom. The molecular weight excluding hydrogens is 357 g/mol. The number of hydrogen-bond acceptors (Lipinski definition) is 6. The van der Waals surface area contributed by atoms with E-state index in [0.717, 1.165) is 43.4 Å². The average molecular weight is 393 g/mol. The van der Waals surface area contributed by atoms with Crippen molar-refractivity contribution in [1.29, 1.82) is 0 Å². The summed E-state index contributed by atoms with van der Waals surface area (Å²) in [5.41, 5.74) is 0. The van der Waals surface area contributed by atoms with E-state index in [-0.39, 0.29) is 19.8 Å². The fourth-order valence-electron chi connectivity index (χ4n) is 3.07. The highest BCUT2D eigenvalue weighted by Gasteiger charge is 2.25. The Kier molecular flexibility index (Phi) is 14.0. The number of rotatable bonds is 16. The predicted octanol–water partition coefficient (Wildman–Crippen LogP) is 3.04. The number of phosphoric ester groups is 1. The van der Waals surface area contributed by atoms with Gasteiger partial charge < -0.3 is 23.2 Å². The van der Waals surface area contributed by atoms with E-state index < -0.39 is 13.8 Å². The first-order chi connectivity index (χ1) is 12.3. The molecule has 0 rings (SSSR count). The molecule has 0 saturated heterocycles. The molecule has 0 aliphatic carbocycles. The SMILES string of the molecule is CC=CC(=O)OCCCOP(=O)([O-])OCC[N+](CCC)(CCC)CCC. The van der Waals surface area contributed by atoms with E-state index >= 15 is 0 Å². The molecule has 0 bridgehead atoms. The highest BCUT2D eigenvalue weighted by atomic mass is 31.2. The maximum atomic E-state index is 11.8. The van der Waals surface area contributed by atoms with Gasteiger partial charge in [-0.3, -0.25) is 4.57 Å². The number of quaternary nitrogens is 1. The molecule has 0 aromatic heterocycles. The number of carbonyl (C=O) groups is 1. The van der Waals surface area contributed by atoms with Crippen LogP contribution in [0, 0.1) is 0 Å². The van der Waals surface area contributed by atoms with Crippen molar-refractivity contribution in [2.24, 2.45) is 0 Å². The number of carbonyl (C=O) groups excluding carboxylic acids is 1. The number of nitrogens with zero attached hydrogens (tertiary/aromatic N) is 1. The van der Waals surface area contributed by atoms with Crippen molar-refractivity contribution in [3.05, 3.63) is 12.2 Å². The van der Waals surface area contributed by atoms with Crippen molar-refractivity contribution in [3.8, 4) is 0 Å². The topological polar surface area (TPSA) is 84.9 Å². The minimum atomic E-state index is -4.33. The Morgan fingerprint density at radius 2 is 1.50 bits per heavy atom. The number of ether oxygens (including phenoxy) is 1. The van der Waals surface area contributed by atoms with Crippen LogP contribution in [0.5, 0.6) is 0 Å². The largest absolute Gasteiger partial charge is 0.756 e. The van der Waals surface area contributed by atoms with Crippen LogP contribution in [-0.4, -0.2) is 56.5 Å². The molecule has 0 saturated carbocycles. The van der Waals surface area contributed by atoms with Crippen LogP contribution < -0.4 is 4.89 Å². The summed E-state index contributed by atoms with van der Waals surface area (Å²) >= 11 is 0. The Bertz CT molecular complexity index is 438. The second-order valence-electron chi connectivity index (χ2n) is 6.37. The van der Waals surface area contributed by atoms with E-state index in [0.29, 0.717) is 13.0 Å². The fourth-order valence-corrected chi connectivity index (χ4v) is 3.80. The second kappa shape index (κ2) is 14.4. The zero-order valence-electron chi connectivity index (χ0n) is 16.8. The molecule has 0 aliphatic heterocycles. The number of allylic oxidation sites excluding steroid dienone is 1. The lowest BCUT2D eigenvalue weighted by Crippen LogP contribution is -2.51. The van der Waals surface area contributed by atoms with Crippen LogP contribution in [0.25, 0.3) is 0 Å². The third-order valence-electron chi connectivity index (χ3n) is 3.99. The summed E-state index contributed by atoms with van der Waals surface area (Å²) < 4.78 is 27.5. The second-order valence-corrected chi connectivity index (χ2v) is 7.78. The highest BCUT2D eigenvalue weighted by Crippen LogP contribution is 2.38. The molecule has 0 N–H and O–H groups in total. The van der Waals surface area contributed by atoms with E-state index in [2.05, 4.69) is 20.8 Å². The van der Waals surface area contributed by atoms with Gasteiger partial charge in [-0.15, -0.1) is 0 Å². The van der Waals surface area contributed by atoms with Crippen molar-refractivity contribution in [3.63, 3.8) is 0 Å². The van der Waals surface area contributed by atoms with Crippen LogP contribution in [-0.2, 0) is 23.1 Å². The van der Waals surface area contributed by atoms with Gasteiger partial charge in [-0.2, -0.15) is 0 Å². The number of esters is 1. The lowest BCUT2D eigenvalue weighted by molar-refractivity contribution is -0.928. The summed E-state index contributed by atoms with van der Waals surface area (Å²) in [6.07, 6.45) is 6.33. The molecule has 8 heteroatoms. The van der Waals surface area contributed by atoms with Crippen molar-refractivity contribution >= 4 is 13.8 Å². The lowest BCUT2D eigenvalue weighted by Gasteiger charge is -2.39. The highest BCUT2D eigenvalue weighted by molar-refractivity contribution is 7.45. The van der Waals surface area contributed by atoms with Crippen LogP contribution in [0.1, 0.15) is 53.4 Å². The van der Waals surface area contributed by atoms with E-state index in [4.69, 9.17) is 13.8 Å². The number of hydrogen-bond donors (Lipinski definition) is 0. The molecular formula is C18H36NO6P. The minimum Gasteiger partial charge on any atom is -0.756 e. The standard InChI is InChI=1S/C18H36NO6P/c1-5-10-18(20)23-15-9-16-24-26(21,22)25-17-14-19(11-6-2,12-7-3)13-8-4/h5,10H,6-9,11-17H2,1-4H3. The van der Waals surface area contributed by atoms with Gasteiger partial charge >= 0.3 is 5.97 Å². The summed E-state index contributed by atoms with van der Waals surface area (Å²) in [6.45, 7) is 12.0. The molecule has 0 aromatic carbocycles. The Hall–Kier alpha value is -0.720. The monoisotopic (exact) mass is 393 g/mol. The fraction of sp³-hybridized carbons (Fsp3) is 0.833. The number of phosphoric acid groups is 1. The van der Waals surface area contributed by atoms with Gasteiger partial charge in [-0.1, -0.05) is 26.8 Å². The molecule has 0 fully saturated rings. The zero-order valence-corrected chi connectivity index (χ0v) is 17.7. The van der Waals surface area contributed by atoms with Crippen LogP contribution in [0.15, 0.2) is 12.2 Å². The van der Waals surface area contributed by atoms with E-state index in [1.807, 2.05) is 0 Å². The molecule has 1 unspecified atom stereocenters. The Balaban J connectivity index is 4.23. The molecule has 0 spiro atoms. The lowest BCUT2D eigenvalue weighted by atomic mass is 10.2. The van der Waals surface area contributed by atoms with Crippen LogP contribution in [0.2, 0.25) is 0 Å². The summed E-state index contributed by atoms with van der Waals surface area (Å²) in [6, 6.07) is 0. The van der Waals surface area contributed by atoms with Crippen LogP contribution in [0.3, 0.4) is 0 Å². The Labute approximate surface area is 158 Å². The molecule has 0 radical (unpaired) electrons. The zero-order chi connectivity index (χ0) is 19.9. The quantitative estimate of drug-likeness (QED) is 0.132. The van der Waals surface area contributed by atoms with Gasteiger partial charge in [0.25, 0.3) is 7.82 Å². The molecule has 0 amide bonds. The minimum absolute atomic E-state index is 0.0667. The van der Waals surface area contributed by atoms with E-state index in [1.54, 1.807) is 13.0 Å². The van der Waals surface area contributed by atoms with Gasteiger partial charge in [-0.05, 0) is 26.2 Å². The normalized spacial score (nSPS) is 14.5. The van der Waals surface area contributed by atoms with Crippen molar-refractivity contribution in [1.82, 2.24) is 0 Å². The molecule has 26 heavy (non-hydrogen) atoms. The van der Waals surface area contributed by atoms with Crippen LogP contribution in [0.4, 0.5) is 0 Å². The molecule has 0 heterocycles. The first kappa shape index (κ1) is 25.3. The average Bonchev–Trinajstić information content (AvgIpc) is 2.55. The summed E-state index contributed by atoms with van der Waals surface area (Å²) in [7, 11) is -4.33. The molecule has 7 nitrogen and oxygen atoms in total. The smallest absolute Gasteiger partial charge is 0.330 e. The van der Waals surface area contributed by atoms with Gasteiger partial charge in [-0.25, -0.2) is 4.79 Å². The van der Waals surface area contributed by atoms with E-state index in [1.165, 1.54) is 6.08 Å². The molecule has 154 valence electrons. The third kappa shape index (κ3) is 11.8. The van der Waals surface area contributed by atoms with Gasteiger partial charge in [0, 0.05) is 12.5 Å². The van der Waals surface area contributed by atoms with Crippen molar-refractivity contribution in [2.75, 3.05) is 46.0 Å². The molecule has 0 aliphatic rings. The van der Waals surface area contributed by atoms with Crippen molar-refractivity contribution in [2.45, 2.75) is 53.4 Å². The molecule has 1 atom stereocenters. The third-order valence-corrected chi connectivity index (χ3v) is 4.99. The first-order valence-electron chi connectivity index (χ1n) is 9.59. The summed E-state index contributed by atoms with van der Waals surface area (Å²) in [5, 5.41) is 0. The van der Waals surface area contributed by atoms with Gasteiger partial charge in [0.15, 0.2) is 0 Å². The van der Waals surface area contributed by atoms with E-state index in [9.17, 15) is 14.3 Å². The van der Waals surface area contributed by atoms with Gasteiger partial charge in [0.2, 0.25) is 0 Å². The first-order valence-corrected chi connectivity index (χ1v) is 11.1. The maximum absolute atomic E-state index is 11.8. The summed E-state index contributed by atoms with van der Waals surface area (Å²) in [5.74, 6) is -0.453. The predicted molar refractivity (Wildman–Crippen MR) is 101 cm³/mol. The van der Waals surface area contributed by atoms with Gasteiger partial charge in [0.1, 0.15) is 13.2 Å². The van der Waals surface area contributed by atoms with Crippen LogP contribution >= 0.6 is 7.82 Å². The maximum Gasteiger partial charge on any atom is 0.330 e. The summed E-state index contributed by atoms with van der Waals surface area (Å²) in [4.78, 5) is 23.0. The molecule has 0 aromatic rings. The van der Waals surface area contributed by atoms with Crippen molar-refractivity contribution < 1.29 is 32.5 Å². The Morgan fingerprint density at radius 3 is 2.00 bits per heavy atom.